The molecule has 1 heterocycles. The van der Waals surface area contributed by atoms with Gasteiger partial charge in [-0.05, 0) is 17.9 Å². The molecule has 2 aromatic rings. The van der Waals surface area contributed by atoms with E-state index in [1.54, 1.807) is 7.05 Å². The van der Waals surface area contributed by atoms with E-state index in [0.29, 0.717) is 19.1 Å². The highest BCUT2D eigenvalue weighted by molar-refractivity contribution is 14.0. The quantitative estimate of drug-likeness (QED) is 0.235. The van der Waals surface area contributed by atoms with Crippen LogP contribution in [0.3, 0.4) is 0 Å². The molecule has 0 aliphatic rings. The smallest absolute Gasteiger partial charge is 0.191 e. The van der Waals surface area contributed by atoms with Crippen LogP contribution in [0.15, 0.2) is 47.7 Å². The fraction of sp³-hybridized carbons (Fsp3) is 0.500. The second-order valence-corrected chi connectivity index (χ2v) is 6.60. The first-order valence-corrected chi connectivity index (χ1v) is 9.25. The molecule has 1 aromatic carbocycles. The van der Waals surface area contributed by atoms with Crippen molar-refractivity contribution >= 4 is 29.9 Å². The largest absolute Gasteiger partial charge is 0.380 e. The Morgan fingerprint density at radius 3 is 2.67 bits per heavy atom. The molecule has 7 heteroatoms. The fourth-order valence-electron chi connectivity index (χ4n) is 2.48. The number of rotatable bonds is 10. The van der Waals surface area contributed by atoms with Gasteiger partial charge in [-0.25, -0.2) is 4.98 Å². The second kappa shape index (κ2) is 13.5. The number of hydrogen-bond acceptors (Lipinski definition) is 3. The SMILES string of the molecule is CN=C(NCCOCCC(C)C)NCc1nccn1Cc1ccccc1.I. The lowest BCUT2D eigenvalue weighted by Crippen LogP contribution is -2.39. The Balaban J connectivity index is 0.00000364. The van der Waals surface area contributed by atoms with Crippen molar-refractivity contribution in [3.05, 3.63) is 54.1 Å². The Hall–Kier alpha value is -1.61. The van der Waals surface area contributed by atoms with Crippen LogP contribution in [0.5, 0.6) is 0 Å². The minimum atomic E-state index is 0. The van der Waals surface area contributed by atoms with Crippen molar-refractivity contribution in [2.75, 3.05) is 26.8 Å². The predicted molar refractivity (Wildman–Crippen MR) is 122 cm³/mol. The maximum Gasteiger partial charge on any atom is 0.191 e. The van der Waals surface area contributed by atoms with E-state index in [4.69, 9.17) is 4.74 Å². The second-order valence-electron chi connectivity index (χ2n) is 6.60. The first-order chi connectivity index (χ1) is 12.7. The number of hydrogen-bond donors (Lipinski definition) is 2. The van der Waals surface area contributed by atoms with Gasteiger partial charge in [-0.15, -0.1) is 24.0 Å². The average molecular weight is 485 g/mol. The van der Waals surface area contributed by atoms with Gasteiger partial charge in [-0.2, -0.15) is 0 Å². The maximum absolute atomic E-state index is 5.61. The van der Waals surface area contributed by atoms with Gasteiger partial charge in [0.15, 0.2) is 5.96 Å². The lowest BCUT2D eigenvalue weighted by molar-refractivity contribution is 0.128. The number of nitrogens with one attached hydrogen (secondary N) is 2. The molecule has 0 amide bonds. The first-order valence-electron chi connectivity index (χ1n) is 9.25. The number of ether oxygens (including phenoxy) is 1. The van der Waals surface area contributed by atoms with Gasteiger partial charge in [0.25, 0.3) is 0 Å². The standard InChI is InChI=1S/C20H31N5O.HI/c1-17(2)9-13-26-14-11-23-20(21-3)24-15-19-22-10-12-25(19)16-18-7-5-4-6-8-18;/h4-8,10,12,17H,9,11,13-16H2,1-3H3,(H2,21,23,24);1H. The third-order valence-electron chi connectivity index (χ3n) is 4.01. The van der Waals surface area contributed by atoms with Gasteiger partial charge in [0.2, 0.25) is 0 Å². The molecule has 27 heavy (non-hydrogen) atoms. The third-order valence-corrected chi connectivity index (χ3v) is 4.01. The molecule has 1 aromatic heterocycles. The van der Waals surface area contributed by atoms with E-state index in [0.717, 1.165) is 37.9 Å². The number of aromatic nitrogens is 2. The van der Waals surface area contributed by atoms with Crippen molar-refractivity contribution < 1.29 is 4.74 Å². The highest BCUT2D eigenvalue weighted by Gasteiger charge is 2.05. The summed E-state index contributed by atoms with van der Waals surface area (Å²) in [6, 6.07) is 10.4. The molecule has 0 aliphatic heterocycles. The van der Waals surface area contributed by atoms with E-state index in [-0.39, 0.29) is 24.0 Å². The van der Waals surface area contributed by atoms with Crippen LogP contribution in [0, 0.1) is 5.92 Å². The molecular formula is C20H32IN5O. The summed E-state index contributed by atoms with van der Waals surface area (Å²) in [4.78, 5) is 8.70. The Morgan fingerprint density at radius 1 is 1.19 bits per heavy atom. The molecule has 0 atom stereocenters. The number of nitrogens with zero attached hydrogens (tertiary/aromatic N) is 3. The van der Waals surface area contributed by atoms with Crippen LogP contribution >= 0.6 is 24.0 Å². The van der Waals surface area contributed by atoms with Gasteiger partial charge >= 0.3 is 0 Å². The van der Waals surface area contributed by atoms with Gasteiger partial charge in [0.1, 0.15) is 5.82 Å². The van der Waals surface area contributed by atoms with Crippen molar-refractivity contribution in [1.82, 2.24) is 20.2 Å². The van der Waals surface area contributed by atoms with Crippen LogP contribution in [0.25, 0.3) is 0 Å². The molecule has 0 bridgehead atoms. The summed E-state index contributed by atoms with van der Waals surface area (Å²) in [5.74, 6) is 2.41. The summed E-state index contributed by atoms with van der Waals surface area (Å²) in [5.41, 5.74) is 1.26. The summed E-state index contributed by atoms with van der Waals surface area (Å²) in [6.07, 6.45) is 4.93. The van der Waals surface area contributed by atoms with Crippen molar-refractivity contribution in [2.45, 2.75) is 33.4 Å². The zero-order valence-electron chi connectivity index (χ0n) is 16.5. The molecule has 2 N–H and O–H groups in total. The average Bonchev–Trinajstić information content (AvgIpc) is 3.08. The molecule has 0 radical (unpaired) electrons. The van der Waals surface area contributed by atoms with Gasteiger partial charge in [-0.3, -0.25) is 4.99 Å². The highest BCUT2D eigenvalue weighted by Crippen LogP contribution is 2.05. The molecule has 150 valence electrons. The molecule has 0 aliphatic carbocycles. The van der Waals surface area contributed by atoms with Crippen LogP contribution in [0.2, 0.25) is 0 Å². The van der Waals surface area contributed by atoms with Gasteiger partial charge in [-0.1, -0.05) is 44.2 Å². The number of aliphatic imine (C=N–C) groups is 1. The van der Waals surface area contributed by atoms with E-state index < -0.39 is 0 Å². The molecule has 2 rings (SSSR count). The maximum atomic E-state index is 5.61. The van der Waals surface area contributed by atoms with E-state index in [9.17, 15) is 0 Å². The summed E-state index contributed by atoms with van der Waals surface area (Å²) in [7, 11) is 1.77. The zero-order chi connectivity index (χ0) is 18.6. The molecular weight excluding hydrogens is 453 g/mol. The van der Waals surface area contributed by atoms with Crippen LogP contribution < -0.4 is 10.6 Å². The number of imidazole rings is 1. The van der Waals surface area contributed by atoms with Crippen LogP contribution in [0.4, 0.5) is 0 Å². The molecule has 0 saturated heterocycles. The topological polar surface area (TPSA) is 63.5 Å². The number of guanidine groups is 1. The van der Waals surface area contributed by atoms with Gasteiger partial charge in [0, 0.05) is 39.1 Å². The molecule has 0 fully saturated rings. The van der Waals surface area contributed by atoms with E-state index in [1.807, 2.05) is 18.5 Å². The Morgan fingerprint density at radius 2 is 1.96 bits per heavy atom. The zero-order valence-corrected chi connectivity index (χ0v) is 18.8. The van der Waals surface area contributed by atoms with Crippen LogP contribution in [-0.2, 0) is 17.8 Å². The van der Waals surface area contributed by atoms with Crippen molar-refractivity contribution in [2.24, 2.45) is 10.9 Å². The first kappa shape index (κ1) is 23.4. The molecule has 0 unspecified atom stereocenters. The van der Waals surface area contributed by atoms with Gasteiger partial charge < -0.3 is 19.9 Å². The molecule has 0 saturated carbocycles. The molecule has 6 nitrogen and oxygen atoms in total. The lowest BCUT2D eigenvalue weighted by atomic mass is 10.1. The summed E-state index contributed by atoms with van der Waals surface area (Å²) in [5, 5.41) is 6.57. The van der Waals surface area contributed by atoms with Gasteiger partial charge in [0.05, 0.1) is 13.2 Å². The third kappa shape index (κ3) is 9.23. The number of benzene rings is 1. The number of halogens is 1. The minimum Gasteiger partial charge on any atom is -0.380 e. The van der Waals surface area contributed by atoms with E-state index in [2.05, 4.69) is 63.3 Å². The van der Waals surface area contributed by atoms with Crippen molar-refractivity contribution in [3.63, 3.8) is 0 Å². The fourth-order valence-corrected chi connectivity index (χ4v) is 2.48. The van der Waals surface area contributed by atoms with Crippen LogP contribution in [0.1, 0.15) is 31.7 Å². The van der Waals surface area contributed by atoms with Crippen molar-refractivity contribution in [1.29, 1.82) is 0 Å². The summed E-state index contributed by atoms with van der Waals surface area (Å²) in [6.45, 7) is 8.06. The normalized spacial score (nSPS) is 11.3. The summed E-state index contributed by atoms with van der Waals surface area (Å²) < 4.78 is 7.76. The minimum absolute atomic E-state index is 0. The Bertz CT molecular complexity index is 657. The van der Waals surface area contributed by atoms with E-state index >= 15 is 0 Å². The Labute approximate surface area is 179 Å². The van der Waals surface area contributed by atoms with Crippen molar-refractivity contribution in [3.8, 4) is 0 Å². The highest BCUT2D eigenvalue weighted by atomic mass is 127. The molecule has 0 spiro atoms. The predicted octanol–water partition coefficient (Wildman–Crippen LogP) is 3.28. The van der Waals surface area contributed by atoms with E-state index in [1.165, 1.54) is 5.56 Å². The van der Waals surface area contributed by atoms with Crippen LogP contribution in [-0.4, -0.2) is 42.3 Å². The Kier molecular flexibility index (Phi) is 11.8. The lowest BCUT2D eigenvalue weighted by Gasteiger charge is -2.13. The monoisotopic (exact) mass is 485 g/mol. The summed E-state index contributed by atoms with van der Waals surface area (Å²) >= 11 is 0.